The Hall–Kier alpha value is -1.32. The third-order valence-corrected chi connectivity index (χ3v) is 4.34. The van der Waals surface area contributed by atoms with E-state index in [1.165, 1.54) is 5.56 Å². The van der Waals surface area contributed by atoms with Crippen molar-refractivity contribution in [1.82, 2.24) is 15.1 Å². The molecular formula is C17H24ClN3. The topological polar surface area (TPSA) is 29.9 Å². The van der Waals surface area contributed by atoms with E-state index in [9.17, 15) is 0 Å². The lowest BCUT2D eigenvalue weighted by Crippen LogP contribution is -2.23. The van der Waals surface area contributed by atoms with Crippen LogP contribution in [0.25, 0.3) is 5.69 Å². The monoisotopic (exact) mass is 305 g/mol. The van der Waals surface area contributed by atoms with Crippen LogP contribution in [-0.2, 0) is 0 Å². The molecule has 0 fully saturated rings. The molecule has 1 unspecified atom stereocenters. The lowest BCUT2D eigenvalue weighted by Gasteiger charge is -2.21. The Balaban J connectivity index is 2.47. The van der Waals surface area contributed by atoms with Crippen molar-refractivity contribution in [3.8, 4) is 5.69 Å². The second-order valence-electron chi connectivity index (χ2n) is 5.37. The standard InChI is InChI=1S/C17H24ClN3/c1-5-11-19-15(6-2)14-9-7-8-10-16(14)21-13(4)17(18)12(3)20-21/h7-10,15,19H,5-6,11H2,1-4H3. The molecule has 3 nitrogen and oxygen atoms in total. The van der Waals surface area contributed by atoms with E-state index >= 15 is 0 Å². The van der Waals surface area contributed by atoms with Gasteiger partial charge in [-0.15, -0.1) is 0 Å². The number of hydrogen-bond acceptors (Lipinski definition) is 2. The van der Waals surface area contributed by atoms with Gasteiger partial charge in [0.15, 0.2) is 0 Å². The molecule has 2 aromatic rings. The maximum absolute atomic E-state index is 6.30. The minimum Gasteiger partial charge on any atom is -0.310 e. The summed E-state index contributed by atoms with van der Waals surface area (Å²) < 4.78 is 1.96. The molecule has 21 heavy (non-hydrogen) atoms. The number of hydrogen-bond donors (Lipinski definition) is 1. The second-order valence-corrected chi connectivity index (χ2v) is 5.75. The van der Waals surface area contributed by atoms with Crippen LogP contribution in [0.1, 0.15) is 49.7 Å². The minimum absolute atomic E-state index is 0.337. The van der Waals surface area contributed by atoms with Gasteiger partial charge in [0.25, 0.3) is 0 Å². The van der Waals surface area contributed by atoms with Gasteiger partial charge in [-0.3, -0.25) is 0 Å². The Morgan fingerprint density at radius 2 is 1.95 bits per heavy atom. The molecule has 0 amide bonds. The van der Waals surface area contributed by atoms with Crippen LogP contribution >= 0.6 is 11.6 Å². The number of benzene rings is 1. The van der Waals surface area contributed by atoms with Crippen LogP contribution in [0.3, 0.4) is 0 Å². The van der Waals surface area contributed by atoms with E-state index in [2.05, 4.69) is 48.5 Å². The number of nitrogens with one attached hydrogen (secondary N) is 1. The number of para-hydroxylation sites is 1. The lowest BCUT2D eigenvalue weighted by molar-refractivity contribution is 0.515. The van der Waals surface area contributed by atoms with E-state index < -0.39 is 0 Å². The van der Waals surface area contributed by atoms with Gasteiger partial charge in [-0.1, -0.05) is 43.6 Å². The van der Waals surface area contributed by atoms with Gasteiger partial charge in [0.1, 0.15) is 0 Å². The molecule has 2 rings (SSSR count). The van der Waals surface area contributed by atoms with Gasteiger partial charge in [0, 0.05) is 6.04 Å². The summed E-state index contributed by atoms with van der Waals surface area (Å²) in [7, 11) is 0. The van der Waals surface area contributed by atoms with E-state index in [4.69, 9.17) is 11.6 Å². The van der Waals surface area contributed by atoms with E-state index in [0.717, 1.165) is 41.5 Å². The van der Waals surface area contributed by atoms with Crippen molar-refractivity contribution >= 4 is 11.6 Å². The summed E-state index contributed by atoms with van der Waals surface area (Å²) in [5, 5.41) is 8.96. The number of aromatic nitrogens is 2. The van der Waals surface area contributed by atoms with Crippen LogP contribution in [0.5, 0.6) is 0 Å². The molecule has 4 heteroatoms. The normalized spacial score (nSPS) is 12.6. The van der Waals surface area contributed by atoms with E-state index in [-0.39, 0.29) is 0 Å². The summed E-state index contributed by atoms with van der Waals surface area (Å²) in [5.41, 5.74) is 4.25. The Labute approximate surface area is 132 Å². The van der Waals surface area contributed by atoms with Gasteiger partial charge < -0.3 is 5.32 Å². The van der Waals surface area contributed by atoms with Crippen molar-refractivity contribution in [2.24, 2.45) is 0 Å². The number of nitrogens with zero attached hydrogens (tertiary/aromatic N) is 2. The van der Waals surface area contributed by atoms with E-state index in [0.29, 0.717) is 6.04 Å². The number of aryl methyl sites for hydroxylation is 1. The molecular weight excluding hydrogens is 282 g/mol. The second kappa shape index (κ2) is 7.10. The maximum atomic E-state index is 6.30. The Morgan fingerprint density at radius 3 is 2.52 bits per heavy atom. The highest BCUT2D eigenvalue weighted by Crippen LogP contribution is 2.28. The molecule has 0 aliphatic carbocycles. The molecule has 1 aromatic heterocycles. The summed E-state index contributed by atoms with van der Waals surface area (Å²) in [5.74, 6) is 0. The summed E-state index contributed by atoms with van der Waals surface area (Å²) in [6.45, 7) is 9.37. The third kappa shape index (κ3) is 3.30. The predicted molar refractivity (Wildman–Crippen MR) is 89.4 cm³/mol. The predicted octanol–water partition coefficient (Wildman–Crippen LogP) is 4.59. The third-order valence-electron chi connectivity index (χ3n) is 3.79. The molecule has 0 saturated carbocycles. The van der Waals surface area contributed by atoms with Gasteiger partial charge in [0.2, 0.25) is 0 Å². The lowest BCUT2D eigenvalue weighted by atomic mass is 10.0. The highest BCUT2D eigenvalue weighted by molar-refractivity contribution is 6.31. The van der Waals surface area contributed by atoms with Crippen LogP contribution in [0, 0.1) is 13.8 Å². The average Bonchev–Trinajstić information content (AvgIpc) is 2.76. The fraction of sp³-hybridized carbons (Fsp3) is 0.471. The van der Waals surface area contributed by atoms with Crippen molar-refractivity contribution in [3.05, 3.63) is 46.2 Å². The van der Waals surface area contributed by atoms with Gasteiger partial charge in [0.05, 0.1) is 22.1 Å². The molecule has 1 N–H and O–H groups in total. The van der Waals surface area contributed by atoms with Gasteiger partial charge in [-0.2, -0.15) is 5.10 Å². The quantitative estimate of drug-likeness (QED) is 0.845. The zero-order valence-electron chi connectivity index (χ0n) is 13.3. The molecule has 0 aliphatic rings. The SMILES string of the molecule is CCCNC(CC)c1ccccc1-n1nc(C)c(Cl)c1C. The van der Waals surface area contributed by atoms with Crippen molar-refractivity contribution in [1.29, 1.82) is 0 Å². The van der Waals surface area contributed by atoms with Gasteiger partial charge in [-0.05, 0) is 44.9 Å². The van der Waals surface area contributed by atoms with Crippen molar-refractivity contribution in [2.75, 3.05) is 6.54 Å². The summed E-state index contributed by atoms with van der Waals surface area (Å²) in [6, 6.07) is 8.76. The molecule has 0 spiro atoms. The first kappa shape index (κ1) is 16.1. The van der Waals surface area contributed by atoms with E-state index in [1.54, 1.807) is 0 Å². The van der Waals surface area contributed by atoms with Crippen molar-refractivity contribution < 1.29 is 0 Å². The molecule has 0 aliphatic heterocycles. The van der Waals surface area contributed by atoms with Crippen LogP contribution in [-0.4, -0.2) is 16.3 Å². The highest BCUT2D eigenvalue weighted by atomic mass is 35.5. The van der Waals surface area contributed by atoms with Gasteiger partial charge in [-0.25, -0.2) is 4.68 Å². The Kier molecular flexibility index (Phi) is 5.43. The average molecular weight is 306 g/mol. The molecule has 0 bridgehead atoms. The minimum atomic E-state index is 0.337. The first-order chi connectivity index (χ1) is 10.1. The smallest absolute Gasteiger partial charge is 0.0848 e. The molecule has 114 valence electrons. The highest BCUT2D eigenvalue weighted by Gasteiger charge is 2.17. The summed E-state index contributed by atoms with van der Waals surface area (Å²) in [4.78, 5) is 0. The van der Waals surface area contributed by atoms with Crippen LogP contribution in [0.2, 0.25) is 5.02 Å². The number of halogens is 1. The molecule has 1 heterocycles. The van der Waals surface area contributed by atoms with Crippen LogP contribution in [0.4, 0.5) is 0 Å². The van der Waals surface area contributed by atoms with Crippen LogP contribution < -0.4 is 5.32 Å². The summed E-state index contributed by atoms with van der Waals surface area (Å²) in [6.07, 6.45) is 2.18. The molecule has 0 saturated heterocycles. The fourth-order valence-corrected chi connectivity index (χ4v) is 2.74. The molecule has 1 atom stereocenters. The Morgan fingerprint density at radius 1 is 1.24 bits per heavy atom. The van der Waals surface area contributed by atoms with Crippen molar-refractivity contribution in [2.45, 2.75) is 46.6 Å². The van der Waals surface area contributed by atoms with E-state index in [1.807, 2.05) is 18.5 Å². The molecule has 1 aromatic carbocycles. The van der Waals surface area contributed by atoms with Crippen LogP contribution in [0.15, 0.2) is 24.3 Å². The zero-order valence-corrected chi connectivity index (χ0v) is 14.0. The van der Waals surface area contributed by atoms with Crippen molar-refractivity contribution in [3.63, 3.8) is 0 Å². The first-order valence-corrected chi connectivity index (χ1v) is 8.02. The summed E-state index contributed by atoms with van der Waals surface area (Å²) >= 11 is 6.30. The first-order valence-electron chi connectivity index (χ1n) is 7.64. The fourth-order valence-electron chi connectivity index (χ4n) is 2.63. The largest absolute Gasteiger partial charge is 0.310 e. The number of rotatable bonds is 6. The maximum Gasteiger partial charge on any atom is 0.0848 e. The Bertz CT molecular complexity index is 604. The zero-order chi connectivity index (χ0) is 15.4. The van der Waals surface area contributed by atoms with Gasteiger partial charge >= 0.3 is 0 Å². The molecule has 0 radical (unpaired) electrons.